The molecular formula is C23H30N4O3S. The topological polar surface area (TPSA) is 76.5 Å². The Morgan fingerprint density at radius 1 is 1.19 bits per heavy atom. The van der Waals surface area contributed by atoms with E-state index in [2.05, 4.69) is 15.2 Å². The molecule has 0 spiro atoms. The summed E-state index contributed by atoms with van der Waals surface area (Å²) in [7, 11) is 0. The number of nitrogens with zero attached hydrogens (tertiary/aromatic N) is 3. The molecule has 1 amide bonds. The predicted molar refractivity (Wildman–Crippen MR) is 123 cm³/mol. The second-order valence-corrected chi connectivity index (χ2v) is 9.20. The standard InChI is InChI=1S/C23H30N4O3S/c1-16-6-7-17(2)19(14-16)24-21(28)15-31-22-18-4-3-5-20(18)27(23(29)25-22)9-8-26-10-12-30-13-11-26/h6-7,14H,3-5,8-13,15H2,1-2H3,(H,24,28). The maximum Gasteiger partial charge on any atom is 0.348 e. The number of aromatic nitrogens is 2. The molecule has 7 nitrogen and oxygen atoms in total. The van der Waals surface area contributed by atoms with Gasteiger partial charge in [0.2, 0.25) is 5.91 Å². The Labute approximate surface area is 187 Å². The fourth-order valence-corrected chi connectivity index (χ4v) is 5.07. The summed E-state index contributed by atoms with van der Waals surface area (Å²) in [4.78, 5) is 32.0. The molecule has 166 valence electrons. The van der Waals surface area contributed by atoms with Gasteiger partial charge in [0.1, 0.15) is 5.03 Å². The van der Waals surface area contributed by atoms with Gasteiger partial charge in [-0.3, -0.25) is 14.3 Å². The summed E-state index contributed by atoms with van der Waals surface area (Å²) in [6.45, 7) is 8.81. The average Bonchev–Trinajstić information content (AvgIpc) is 3.25. The minimum absolute atomic E-state index is 0.0799. The van der Waals surface area contributed by atoms with Crippen molar-refractivity contribution in [1.82, 2.24) is 14.5 Å². The summed E-state index contributed by atoms with van der Waals surface area (Å²) >= 11 is 1.37. The number of aryl methyl sites for hydroxylation is 2. The van der Waals surface area contributed by atoms with E-state index >= 15 is 0 Å². The van der Waals surface area contributed by atoms with Crippen LogP contribution in [-0.2, 0) is 28.9 Å². The predicted octanol–water partition coefficient (Wildman–Crippen LogP) is 2.41. The van der Waals surface area contributed by atoms with Crippen LogP contribution in [0.3, 0.4) is 0 Å². The van der Waals surface area contributed by atoms with Crippen LogP contribution in [0.5, 0.6) is 0 Å². The minimum Gasteiger partial charge on any atom is -0.379 e. The molecule has 1 N–H and O–H groups in total. The van der Waals surface area contributed by atoms with Crippen molar-refractivity contribution < 1.29 is 9.53 Å². The third kappa shape index (κ3) is 5.37. The highest BCUT2D eigenvalue weighted by Crippen LogP contribution is 2.29. The van der Waals surface area contributed by atoms with Crippen molar-refractivity contribution in [3.05, 3.63) is 51.1 Å². The molecule has 0 bridgehead atoms. The zero-order chi connectivity index (χ0) is 21.8. The van der Waals surface area contributed by atoms with Crippen LogP contribution in [0.2, 0.25) is 0 Å². The number of carbonyl (C=O) groups excluding carboxylic acids is 1. The normalized spacial score (nSPS) is 16.3. The summed E-state index contributed by atoms with van der Waals surface area (Å²) in [5.74, 6) is 0.160. The molecule has 1 fully saturated rings. The number of ether oxygens (including phenoxy) is 1. The average molecular weight is 443 g/mol. The molecule has 0 saturated carbocycles. The molecule has 31 heavy (non-hydrogen) atoms. The molecule has 0 radical (unpaired) electrons. The lowest BCUT2D eigenvalue weighted by atomic mass is 10.1. The molecule has 8 heteroatoms. The quantitative estimate of drug-likeness (QED) is 0.524. The summed E-state index contributed by atoms with van der Waals surface area (Å²) < 4.78 is 7.25. The van der Waals surface area contributed by atoms with E-state index in [9.17, 15) is 9.59 Å². The summed E-state index contributed by atoms with van der Waals surface area (Å²) in [6.07, 6.45) is 2.85. The van der Waals surface area contributed by atoms with Crippen LogP contribution in [-0.4, -0.2) is 59.0 Å². The Morgan fingerprint density at radius 2 is 2.00 bits per heavy atom. The number of anilines is 1. The first kappa shape index (κ1) is 22.0. The molecular weight excluding hydrogens is 412 g/mol. The van der Waals surface area contributed by atoms with Gasteiger partial charge in [-0.15, -0.1) is 0 Å². The van der Waals surface area contributed by atoms with Gasteiger partial charge in [0.25, 0.3) is 0 Å². The third-order valence-corrected chi connectivity index (χ3v) is 6.97. The van der Waals surface area contributed by atoms with Crippen LogP contribution < -0.4 is 11.0 Å². The number of fused-ring (bicyclic) bond motifs is 1. The smallest absolute Gasteiger partial charge is 0.348 e. The first-order valence-corrected chi connectivity index (χ1v) is 11.9. The summed E-state index contributed by atoms with van der Waals surface area (Å²) in [6, 6.07) is 6.01. The van der Waals surface area contributed by atoms with Crippen LogP contribution in [0.4, 0.5) is 5.69 Å². The number of thioether (sulfide) groups is 1. The number of hydrogen-bond acceptors (Lipinski definition) is 6. The Kier molecular flexibility index (Phi) is 7.09. The van der Waals surface area contributed by atoms with Gasteiger partial charge in [-0.1, -0.05) is 23.9 Å². The molecule has 1 aromatic carbocycles. The Bertz CT molecular complexity index is 1010. The summed E-state index contributed by atoms with van der Waals surface area (Å²) in [5, 5.41) is 3.70. The van der Waals surface area contributed by atoms with Gasteiger partial charge in [-0.2, -0.15) is 4.98 Å². The highest BCUT2D eigenvalue weighted by Gasteiger charge is 2.23. The van der Waals surface area contributed by atoms with Crippen molar-refractivity contribution in [2.45, 2.75) is 44.7 Å². The van der Waals surface area contributed by atoms with E-state index in [-0.39, 0.29) is 17.3 Å². The molecule has 4 rings (SSSR count). The lowest BCUT2D eigenvalue weighted by Gasteiger charge is -2.27. The zero-order valence-corrected chi connectivity index (χ0v) is 19.1. The summed E-state index contributed by atoms with van der Waals surface area (Å²) in [5.41, 5.74) is 5.02. The number of nitrogens with one attached hydrogen (secondary N) is 1. The van der Waals surface area contributed by atoms with Crippen LogP contribution in [0.25, 0.3) is 0 Å². The highest BCUT2D eigenvalue weighted by atomic mass is 32.2. The SMILES string of the molecule is Cc1ccc(C)c(NC(=O)CSc2nc(=O)n(CCN3CCOCC3)c3c2CCC3)c1. The van der Waals surface area contributed by atoms with Gasteiger partial charge in [-0.25, -0.2) is 4.79 Å². The molecule has 2 aromatic rings. The van der Waals surface area contributed by atoms with Crippen LogP contribution in [0.15, 0.2) is 28.0 Å². The first-order chi connectivity index (χ1) is 15.0. The van der Waals surface area contributed by atoms with Gasteiger partial charge in [0.05, 0.1) is 19.0 Å². The Hall–Kier alpha value is -2.16. The maximum atomic E-state index is 12.8. The van der Waals surface area contributed by atoms with Gasteiger partial charge in [0.15, 0.2) is 0 Å². The molecule has 0 unspecified atom stereocenters. The van der Waals surface area contributed by atoms with E-state index in [1.165, 1.54) is 11.8 Å². The molecule has 0 atom stereocenters. The number of benzene rings is 1. The lowest BCUT2D eigenvalue weighted by Crippen LogP contribution is -2.40. The molecule has 2 heterocycles. The highest BCUT2D eigenvalue weighted by molar-refractivity contribution is 8.00. The van der Waals surface area contributed by atoms with E-state index in [0.29, 0.717) is 6.54 Å². The van der Waals surface area contributed by atoms with Gasteiger partial charge in [0, 0.05) is 43.1 Å². The van der Waals surface area contributed by atoms with Gasteiger partial charge in [-0.05, 0) is 50.3 Å². The van der Waals surface area contributed by atoms with Crippen molar-refractivity contribution >= 4 is 23.4 Å². The number of carbonyl (C=O) groups is 1. The van der Waals surface area contributed by atoms with Gasteiger partial charge < -0.3 is 10.1 Å². The second-order valence-electron chi connectivity index (χ2n) is 8.24. The number of morpholine rings is 1. The fourth-order valence-electron chi connectivity index (χ4n) is 4.19. The monoisotopic (exact) mass is 442 g/mol. The Balaban J connectivity index is 1.42. The molecule has 2 aliphatic rings. The van der Waals surface area contributed by atoms with E-state index < -0.39 is 0 Å². The lowest BCUT2D eigenvalue weighted by molar-refractivity contribution is -0.113. The second kappa shape index (κ2) is 9.97. The largest absolute Gasteiger partial charge is 0.379 e. The van der Waals surface area contributed by atoms with E-state index in [4.69, 9.17) is 4.74 Å². The Morgan fingerprint density at radius 3 is 2.81 bits per heavy atom. The maximum absolute atomic E-state index is 12.8. The third-order valence-electron chi connectivity index (χ3n) is 5.95. The number of rotatable bonds is 7. The van der Waals surface area contributed by atoms with Crippen molar-refractivity contribution in [2.75, 3.05) is 43.9 Å². The van der Waals surface area contributed by atoms with E-state index in [1.54, 1.807) is 0 Å². The van der Waals surface area contributed by atoms with Crippen LogP contribution in [0.1, 0.15) is 28.8 Å². The van der Waals surface area contributed by atoms with Crippen molar-refractivity contribution in [2.24, 2.45) is 0 Å². The van der Waals surface area contributed by atoms with Crippen molar-refractivity contribution in [3.63, 3.8) is 0 Å². The molecule has 1 aromatic heterocycles. The first-order valence-electron chi connectivity index (χ1n) is 10.9. The van der Waals surface area contributed by atoms with E-state index in [1.807, 2.05) is 36.6 Å². The molecule has 1 aliphatic carbocycles. The number of hydrogen-bond donors (Lipinski definition) is 1. The van der Waals surface area contributed by atoms with Crippen molar-refractivity contribution in [1.29, 1.82) is 0 Å². The molecule has 1 saturated heterocycles. The minimum atomic E-state index is -0.202. The van der Waals surface area contributed by atoms with Crippen LogP contribution in [0, 0.1) is 13.8 Å². The zero-order valence-electron chi connectivity index (χ0n) is 18.3. The van der Waals surface area contributed by atoms with Crippen molar-refractivity contribution in [3.8, 4) is 0 Å². The molecule has 1 aliphatic heterocycles. The van der Waals surface area contributed by atoms with Gasteiger partial charge >= 0.3 is 5.69 Å². The van der Waals surface area contributed by atoms with E-state index in [0.717, 1.165) is 85.2 Å². The fraction of sp³-hybridized carbons (Fsp3) is 0.522. The van der Waals surface area contributed by atoms with Crippen LogP contribution >= 0.6 is 11.8 Å². The number of amides is 1.